The number of hydrogen-bond acceptors (Lipinski definition) is 9. The van der Waals surface area contributed by atoms with E-state index in [9.17, 15) is 19.2 Å². The number of amides is 2. The molecule has 45 heavy (non-hydrogen) atoms. The van der Waals surface area contributed by atoms with Gasteiger partial charge in [-0.15, -0.1) is 11.8 Å². The number of ether oxygens (including phenoxy) is 1. The van der Waals surface area contributed by atoms with E-state index in [1.165, 1.54) is 28.4 Å². The summed E-state index contributed by atoms with van der Waals surface area (Å²) in [4.78, 5) is 57.4. The molecular weight excluding hydrogens is 657 g/mol. The Kier molecular flexibility index (Phi) is 10.9. The lowest BCUT2D eigenvalue weighted by molar-refractivity contribution is -0.154. The fourth-order valence-electron chi connectivity index (χ4n) is 4.87. The van der Waals surface area contributed by atoms with Gasteiger partial charge in [0.25, 0.3) is 11.8 Å². The lowest BCUT2D eigenvalue weighted by Crippen LogP contribution is -2.71. The highest BCUT2D eigenvalue weighted by Crippen LogP contribution is 2.42. The highest BCUT2D eigenvalue weighted by atomic mass is 35.5. The number of benzene rings is 3. The average Bonchev–Trinajstić information content (AvgIpc) is 3.07. The lowest BCUT2D eigenvalue weighted by atomic mass is 10.0. The molecule has 0 aromatic heterocycles. The molecule has 0 saturated carbocycles. The smallest absolute Gasteiger partial charge is 0.367 e. The van der Waals surface area contributed by atoms with Gasteiger partial charge in [0.2, 0.25) is 4.84 Å². The van der Waals surface area contributed by atoms with Crippen LogP contribution >= 0.6 is 46.7 Å². The topological polar surface area (TPSA) is 114 Å². The predicted molar refractivity (Wildman–Crippen MR) is 176 cm³/mol. The SMILES string of the molecule is CSCC1=C(C(=O)OC(c2ccccc2)c2ccccc2)N2C(=O)[C@@H](NC(=O)C(=NOC(=O)C(Cl)Cl)c3ccccc3)[C@@H]2SC1. The summed E-state index contributed by atoms with van der Waals surface area (Å²) in [6, 6.07) is 26.1. The van der Waals surface area contributed by atoms with Gasteiger partial charge in [-0.05, 0) is 23.0 Å². The molecule has 0 aliphatic carbocycles. The Bertz CT molecular complexity index is 1580. The van der Waals surface area contributed by atoms with Gasteiger partial charge in [-0.2, -0.15) is 11.8 Å². The molecule has 3 aromatic carbocycles. The maximum atomic E-state index is 13.9. The molecule has 232 valence electrons. The summed E-state index contributed by atoms with van der Waals surface area (Å²) in [5, 5.41) is 5.82. The molecule has 2 amide bonds. The number of nitrogens with zero attached hydrogens (tertiary/aromatic N) is 2. The first-order valence-electron chi connectivity index (χ1n) is 13.7. The molecule has 0 unspecified atom stereocenters. The van der Waals surface area contributed by atoms with Gasteiger partial charge in [0, 0.05) is 17.1 Å². The highest BCUT2D eigenvalue weighted by molar-refractivity contribution is 8.00. The Labute approximate surface area is 278 Å². The maximum Gasteiger partial charge on any atom is 0.367 e. The summed E-state index contributed by atoms with van der Waals surface area (Å²) < 4.78 is 6.14. The number of carbonyl (C=O) groups is 4. The molecule has 5 rings (SSSR count). The largest absolute Gasteiger partial charge is 0.448 e. The van der Waals surface area contributed by atoms with Crippen molar-refractivity contribution in [1.29, 1.82) is 0 Å². The summed E-state index contributed by atoms with van der Waals surface area (Å²) in [7, 11) is 0. The first-order valence-corrected chi connectivity index (χ1v) is 17.0. The second kappa shape index (κ2) is 15.0. The van der Waals surface area contributed by atoms with Crippen LogP contribution in [0, 0.1) is 0 Å². The lowest BCUT2D eigenvalue weighted by Gasteiger charge is -2.49. The van der Waals surface area contributed by atoms with E-state index in [4.69, 9.17) is 32.8 Å². The highest BCUT2D eigenvalue weighted by Gasteiger charge is 2.54. The fraction of sp³-hybridized carbons (Fsp3) is 0.219. The molecule has 9 nitrogen and oxygen atoms in total. The number of fused-ring (bicyclic) bond motifs is 1. The number of thioether (sulfide) groups is 2. The number of esters is 1. The van der Waals surface area contributed by atoms with Gasteiger partial charge >= 0.3 is 11.9 Å². The number of β-lactam (4-membered cyclic amide) rings is 1. The van der Waals surface area contributed by atoms with Gasteiger partial charge in [0.05, 0.1) is 0 Å². The van der Waals surface area contributed by atoms with Crippen LogP contribution in [0.2, 0.25) is 0 Å². The van der Waals surface area contributed by atoms with E-state index < -0.39 is 46.1 Å². The van der Waals surface area contributed by atoms with Crippen molar-refractivity contribution in [2.24, 2.45) is 5.16 Å². The quantitative estimate of drug-likeness (QED) is 0.0743. The summed E-state index contributed by atoms with van der Waals surface area (Å²) in [5.41, 5.74) is 2.60. The summed E-state index contributed by atoms with van der Waals surface area (Å²) in [5.74, 6) is -1.96. The summed E-state index contributed by atoms with van der Waals surface area (Å²) in [6.07, 6.45) is 1.22. The Morgan fingerprint density at radius 3 is 2.11 bits per heavy atom. The van der Waals surface area contributed by atoms with E-state index in [0.717, 1.165) is 16.7 Å². The molecule has 1 N–H and O–H groups in total. The van der Waals surface area contributed by atoms with Crippen LogP contribution < -0.4 is 5.32 Å². The number of nitrogens with one attached hydrogen (secondary N) is 1. The summed E-state index contributed by atoms with van der Waals surface area (Å²) in [6.45, 7) is 0. The van der Waals surface area contributed by atoms with Crippen molar-refractivity contribution in [3.63, 3.8) is 0 Å². The van der Waals surface area contributed by atoms with Crippen LogP contribution in [0.25, 0.3) is 0 Å². The van der Waals surface area contributed by atoms with E-state index in [0.29, 0.717) is 17.1 Å². The minimum Gasteiger partial charge on any atom is -0.448 e. The van der Waals surface area contributed by atoms with Gasteiger partial charge in [-0.25, -0.2) is 9.59 Å². The van der Waals surface area contributed by atoms with Gasteiger partial charge in [-0.3, -0.25) is 14.5 Å². The molecule has 0 radical (unpaired) electrons. The number of oxime groups is 1. The minimum atomic E-state index is -1.50. The second-order valence-corrected chi connectivity index (χ2v) is 12.9. The van der Waals surface area contributed by atoms with Crippen molar-refractivity contribution < 1.29 is 28.8 Å². The molecule has 1 saturated heterocycles. The first-order chi connectivity index (χ1) is 21.8. The number of halogens is 2. The molecule has 0 bridgehead atoms. The normalized spacial score (nSPS) is 17.9. The maximum absolute atomic E-state index is 13.9. The Morgan fingerprint density at radius 1 is 0.978 bits per heavy atom. The van der Waals surface area contributed by atoms with E-state index in [1.54, 1.807) is 30.3 Å². The third-order valence-electron chi connectivity index (χ3n) is 6.94. The molecule has 13 heteroatoms. The number of hydrogen-bond donors (Lipinski definition) is 1. The van der Waals surface area contributed by atoms with Crippen LogP contribution in [-0.2, 0) is 28.8 Å². The fourth-order valence-corrected chi connectivity index (χ4v) is 7.01. The second-order valence-electron chi connectivity index (χ2n) is 9.87. The van der Waals surface area contributed by atoms with Crippen LogP contribution in [0.3, 0.4) is 0 Å². The molecule has 1 fully saturated rings. The molecule has 0 spiro atoms. The molecule has 2 heterocycles. The van der Waals surface area contributed by atoms with Gasteiger partial charge < -0.3 is 14.9 Å². The van der Waals surface area contributed by atoms with Crippen molar-refractivity contribution in [2.75, 3.05) is 17.8 Å². The van der Waals surface area contributed by atoms with Crippen LogP contribution in [-0.4, -0.2) is 68.4 Å². The number of alkyl halides is 2. The van der Waals surface area contributed by atoms with Gasteiger partial charge in [0.1, 0.15) is 17.1 Å². The summed E-state index contributed by atoms with van der Waals surface area (Å²) >= 11 is 14.1. The first kappa shape index (κ1) is 32.6. The Balaban J connectivity index is 1.39. The van der Waals surface area contributed by atoms with Crippen molar-refractivity contribution in [3.05, 3.63) is 119 Å². The third-order valence-corrected chi connectivity index (χ3v) is 9.28. The standard InChI is InChI=1S/C32H27Cl2N3O6S2/c1-44-17-22-18-45-30-24(35-28(38)23(19-11-5-2-6-12-19)36-43-32(41)27(33)34)29(39)37(30)25(22)31(40)42-26(20-13-7-3-8-14-20)21-15-9-4-10-16-21/h2-16,24,26-27,30H,17-18H2,1H3,(H,35,38)/t24-,30+/m1/s1. The van der Waals surface area contributed by atoms with Crippen molar-refractivity contribution >= 4 is 76.2 Å². The van der Waals surface area contributed by atoms with E-state index in [2.05, 4.69) is 10.5 Å². The van der Waals surface area contributed by atoms with E-state index >= 15 is 0 Å². The van der Waals surface area contributed by atoms with Crippen LogP contribution in [0.5, 0.6) is 0 Å². The molecule has 2 atom stereocenters. The van der Waals surface area contributed by atoms with Crippen LogP contribution in [0.4, 0.5) is 0 Å². The van der Waals surface area contributed by atoms with Crippen LogP contribution in [0.15, 0.2) is 107 Å². The Hall–Kier alpha value is -3.77. The molecular formula is C32H27Cl2N3O6S2. The average molecular weight is 685 g/mol. The van der Waals surface area contributed by atoms with Crippen molar-refractivity contribution in [1.82, 2.24) is 10.2 Å². The van der Waals surface area contributed by atoms with Gasteiger partial charge in [0.15, 0.2) is 11.8 Å². The minimum absolute atomic E-state index is 0.182. The predicted octanol–water partition coefficient (Wildman–Crippen LogP) is 5.09. The van der Waals surface area contributed by atoms with E-state index in [1.807, 2.05) is 66.9 Å². The third kappa shape index (κ3) is 7.38. The zero-order valence-corrected chi connectivity index (χ0v) is 26.9. The number of carbonyl (C=O) groups excluding carboxylic acids is 4. The van der Waals surface area contributed by atoms with Crippen molar-refractivity contribution in [3.8, 4) is 0 Å². The molecule has 2 aliphatic heterocycles. The van der Waals surface area contributed by atoms with E-state index in [-0.39, 0.29) is 11.4 Å². The number of rotatable bonds is 11. The van der Waals surface area contributed by atoms with Crippen molar-refractivity contribution in [2.45, 2.75) is 22.4 Å². The van der Waals surface area contributed by atoms with Gasteiger partial charge in [-0.1, -0.05) is 119 Å². The van der Waals surface area contributed by atoms with Crippen LogP contribution in [0.1, 0.15) is 22.8 Å². The Morgan fingerprint density at radius 2 is 1.56 bits per heavy atom. The molecule has 2 aliphatic rings. The zero-order chi connectivity index (χ0) is 31.9. The zero-order valence-electron chi connectivity index (χ0n) is 23.8. The monoisotopic (exact) mass is 683 g/mol. The molecule has 3 aromatic rings.